The van der Waals surface area contributed by atoms with Crippen LogP contribution in [0, 0.1) is 5.92 Å². The fourth-order valence-electron chi connectivity index (χ4n) is 2.34. The highest BCUT2D eigenvalue weighted by Gasteiger charge is 2.14. The lowest BCUT2D eigenvalue weighted by Crippen LogP contribution is -2.35. The van der Waals surface area contributed by atoms with Gasteiger partial charge in [-0.2, -0.15) is 0 Å². The molecule has 2 rings (SSSR count). The molecule has 0 aliphatic carbocycles. The van der Waals surface area contributed by atoms with Crippen molar-refractivity contribution in [3.63, 3.8) is 0 Å². The van der Waals surface area contributed by atoms with Crippen LogP contribution in [-0.2, 0) is 17.9 Å². The summed E-state index contributed by atoms with van der Waals surface area (Å²) in [7, 11) is 0. The summed E-state index contributed by atoms with van der Waals surface area (Å²) < 4.78 is 10.7. The molecule has 0 aliphatic heterocycles. The maximum Gasteiger partial charge on any atom is 0.129 e. The predicted molar refractivity (Wildman–Crippen MR) is 93.4 cm³/mol. The monoisotopic (exact) mass is 337 g/mol. The third-order valence-corrected chi connectivity index (χ3v) is 4.45. The average molecular weight is 337 g/mol. The van der Waals surface area contributed by atoms with Crippen LogP contribution >= 0.6 is 11.3 Å². The molecule has 5 heteroatoms. The Balaban J connectivity index is 1.75. The molecule has 0 aromatic carbocycles. The molecule has 128 valence electrons. The SMILES string of the molecule is CC(C)CCN(Cc1cccs1)C[C@@H](O)COCc1ccco1. The molecule has 2 heterocycles. The number of ether oxygens (including phenoxy) is 1. The van der Waals surface area contributed by atoms with Crippen molar-refractivity contribution < 1.29 is 14.3 Å². The summed E-state index contributed by atoms with van der Waals surface area (Å²) >= 11 is 1.76. The van der Waals surface area contributed by atoms with Crippen LogP contribution in [0.3, 0.4) is 0 Å². The van der Waals surface area contributed by atoms with Gasteiger partial charge in [-0.15, -0.1) is 11.3 Å². The fraction of sp³-hybridized carbons (Fsp3) is 0.556. The van der Waals surface area contributed by atoms with Crippen LogP contribution in [0.1, 0.15) is 30.9 Å². The number of aliphatic hydroxyl groups excluding tert-OH is 1. The minimum atomic E-state index is -0.489. The summed E-state index contributed by atoms with van der Waals surface area (Å²) in [6.07, 6.45) is 2.27. The highest BCUT2D eigenvalue weighted by Crippen LogP contribution is 2.14. The van der Waals surface area contributed by atoms with E-state index in [0.717, 1.165) is 25.3 Å². The van der Waals surface area contributed by atoms with Gasteiger partial charge in [-0.3, -0.25) is 4.90 Å². The summed E-state index contributed by atoms with van der Waals surface area (Å²) in [6, 6.07) is 7.93. The predicted octanol–water partition coefficient (Wildman–Crippen LogP) is 3.77. The van der Waals surface area contributed by atoms with Crippen molar-refractivity contribution in [1.29, 1.82) is 0 Å². The maximum absolute atomic E-state index is 10.2. The van der Waals surface area contributed by atoms with E-state index in [4.69, 9.17) is 9.15 Å². The minimum absolute atomic E-state index is 0.323. The number of aliphatic hydroxyl groups is 1. The molecule has 0 unspecified atom stereocenters. The van der Waals surface area contributed by atoms with Crippen LogP contribution in [0.4, 0.5) is 0 Å². The van der Waals surface area contributed by atoms with E-state index < -0.39 is 6.10 Å². The second kappa shape index (κ2) is 9.88. The molecule has 4 nitrogen and oxygen atoms in total. The van der Waals surface area contributed by atoms with E-state index in [1.54, 1.807) is 17.6 Å². The van der Waals surface area contributed by atoms with Crippen LogP contribution in [0.15, 0.2) is 40.3 Å². The van der Waals surface area contributed by atoms with Gasteiger partial charge in [-0.1, -0.05) is 19.9 Å². The van der Waals surface area contributed by atoms with E-state index in [-0.39, 0.29) is 0 Å². The molecule has 0 saturated carbocycles. The summed E-state index contributed by atoms with van der Waals surface area (Å²) in [6.45, 7) is 7.69. The molecule has 2 aromatic heterocycles. The smallest absolute Gasteiger partial charge is 0.129 e. The lowest BCUT2D eigenvalue weighted by atomic mass is 10.1. The third-order valence-electron chi connectivity index (χ3n) is 3.59. The first-order valence-corrected chi connectivity index (χ1v) is 9.04. The van der Waals surface area contributed by atoms with E-state index in [2.05, 4.69) is 36.3 Å². The number of furan rings is 1. The Morgan fingerprint density at radius 2 is 2.17 bits per heavy atom. The van der Waals surface area contributed by atoms with Crippen LogP contribution in [0.5, 0.6) is 0 Å². The van der Waals surface area contributed by atoms with Gasteiger partial charge in [-0.05, 0) is 42.5 Å². The first kappa shape index (κ1) is 18.2. The first-order valence-electron chi connectivity index (χ1n) is 8.16. The van der Waals surface area contributed by atoms with Crippen LogP contribution < -0.4 is 0 Å². The Morgan fingerprint density at radius 1 is 1.30 bits per heavy atom. The van der Waals surface area contributed by atoms with Crippen molar-refractivity contribution in [2.24, 2.45) is 5.92 Å². The fourth-order valence-corrected chi connectivity index (χ4v) is 3.09. The van der Waals surface area contributed by atoms with Crippen molar-refractivity contribution >= 4 is 11.3 Å². The molecule has 0 saturated heterocycles. The summed E-state index contributed by atoms with van der Waals surface area (Å²) in [5.74, 6) is 1.45. The highest BCUT2D eigenvalue weighted by molar-refractivity contribution is 7.09. The zero-order valence-electron chi connectivity index (χ0n) is 14.0. The van der Waals surface area contributed by atoms with Gasteiger partial charge >= 0.3 is 0 Å². The molecular weight excluding hydrogens is 310 g/mol. The molecule has 1 N–H and O–H groups in total. The largest absolute Gasteiger partial charge is 0.467 e. The minimum Gasteiger partial charge on any atom is -0.467 e. The molecule has 0 aliphatic rings. The highest BCUT2D eigenvalue weighted by atomic mass is 32.1. The Bertz CT molecular complexity index is 510. The van der Waals surface area contributed by atoms with Crippen molar-refractivity contribution in [3.8, 4) is 0 Å². The Labute approximate surface area is 142 Å². The summed E-state index contributed by atoms with van der Waals surface area (Å²) in [5, 5.41) is 12.3. The molecule has 2 aromatic rings. The van der Waals surface area contributed by atoms with Gasteiger partial charge in [0.1, 0.15) is 12.4 Å². The molecule has 23 heavy (non-hydrogen) atoms. The normalized spacial score (nSPS) is 13.1. The van der Waals surface area contributed by atoms with Gasteiger partial charge in [0, 0.05) is 18.0 Å². The molecular formula is C18H27NO3S. The van der Waals surface area contributed by atoms with Gasteiger partial charge in [0.2, 0.25) is 0 Å². The number of hydrogen-bond acceptors (Lipinski definition) is 5. The van der Waals surface area contributed by atoms with Crippen LogP contribution in [-0.4, -0.2) is 35.8 Å². The second-order valence-corrected chi connectivity index (χ2v) is 7.28. The van der Waals surface area contributed by atoms with Crippen molar-refractivity contribution in [3.05, 3.63) is 46.5 Å². The zero-order chi connectivity index (χ0) is 16.5. The molecule has 0 amide bonds. The molecule has 0 bridgehead atoms. The summed E-state index contributed by atoms with van der Waals surface area (Å²) in [4.78, 5) is 3.64. The lowest BCUT2D eigenvalue weighted by Gasteiger charge is -2.25. The van der Waals surface area contributed by atoms with Gasteiger partial charge in [0.05, 0.1) is 19.0 Å². The molecule has 0 radical (unpaired) electrons. The number of thiophene rings is 1. The van der Waals surface area contributed by atoms with E-state index in [9.17, 15) is 5.11 Å². The Morgan fingerprint density at radius 3 is 2.83 bits per heavy atom. The Kier molecular flexibility index (Phi) is 7.82. The van der Waals surface area contributed by atoms with Crippen molar-refractivity contribution in [1.82, 2.24) is 4.90 Å². The van der Waals surface area contributed by atoms with Gasteiger partial charge in [0.25, 0.3) is 0 Å². The van der Waals surface area contributed by atoms with Crippen molar-refractivity contribution in [2.75, 3.05) is 19.7 Å². The van der Waals surface area contributed by atoms with Crippen LogP contribution in [0.2, 0.25) is 0 Å². The first-order chi connectivity index (χ1) is 11.1. The number of rotatable bonds is 11. The van der Waals surface area contributed by atoms with Gasteiger partial charge < -0.3 is 14.3 Å². The molecule has 0 spiro atoms. The number of nitrogens with zero attached hydrogens (tertiary/aromatic N) is 1. The van der Waals surface area contributed by atoms with Gasteiger partial charge in [-0.25, -0.2) is 0 Å². The zero-order valence-corrected chi connectivity index (χ0v) is 14.8. The van der Waals surface area contributed by atoms with Crippen LogP contribution in [0.25, 0.3) is 0 Å². The topological polar surface area (TPSA) is 45.8 Å². The quantitative estimate of drug-likeness (QED) is 0.678. The Hall–Kier alpha value is -1.14. The average Bonchev–Trinajstić information content (AvgIpc) is 3.18. The third kappa shape index (κ3) is 7.31. The second-order valence-electron chi connectivity index (χ2n) is 6.25. The van der Waals surface area contributed by atoms with E-state index in [1.165, 1.54) is 4.88 Å². The van der Waals surface area contributed by atoms with E-state index >= 15 is 0 Å². The van der Waals surface area contributed by atoms with Crippen molar-refractivity contribution in [2.45, 2.75) is 39.5 Å². The number of hydrogen-bond donors (Lipinski definition) is 1. The molecule has 1 atom stereocenters. The standard InChI is InChI=1S/C18H27NO3S/c1-15(2)7-8-19(12-18-6-4-10-23-18)11-16(20)13-21-14-17-5-3-9-22-17/h3-6,9-10,15-16,20H,7-8,11-14H2,1-2H3/t16-/m1/s1. The lowest BCUT2D eigenvalue weighted by molar-refractivity contribution is 0.00340. The summed E-state index contributed by atoms with van der Waals surface area (Å²) in [5.41, 5.74) is 0. The maximum atomic E-state index is 10.2. The van der Waals surface area contributed by atoms with E-state index in [0.29, 0.717) is 25.7 Å². The van der Waals surface area contributed by atoms with Gasteiger partial charge in [0.15, 0.2) is 0 Å². The van der Waals surface area contributed by atoms with E-state index in [1.807, 2.05) is 12.1 Å². The molecule has 0 fully saturated rings.